The predicted molar refractivity (Wildman–Crippen MR) is 103 cm³/mol. The summed E-state index contributed by atoms with van der Waals surface area (Å²) in [6, 6.07) is 16.5. The van der Waals surface area contributed by atoms with Gasteiger partial charge >= 0.3 is 0 Å². The molecule has 1 amide bonds. The van der Waals surface area contributed by atoms with Gasteiger partial charge in [0.25, 0.3) is 0 Å². The van der Waals surface area contributed by atoms with E-state index in [0.717, 1.165) is 34.8 Å². The monoisotopic (exact) mass is 351 g/mol. The molecule has 1 atom stereocenters. The lowest BCUT2D eigenvalue weighted by atomic mass is 10.1. The van der Waals surface area contributed by atoms with Gasteiger partial charge in [-0.15, -0.1) is 0 Å². The number of rotatable bonds is 4. The molecule has 0 saturated carbocycles. The fourth-order valence-electron chi connectivity index (χ4n) is 3.61. The predicted octanol–water partition coefficient (Wildman–Crippen LogP) is 4.13. The van der Waals surface area contributed by atoms with Crippen LogP contribution in [0.5, 0.6) is 0 Å². The Kier molecular flexibility index (Phi) is 4.25. The summed E-state index contributed by atoms with van der Waals surface area (Å²) in [5.41, 5.74) is 4.43. The van der Waals surface area contributed by atoms with Crippen molar-refractivity contribution in [2.24, 2.45) is 0 Å². The van der Waals surface area contributed by atoms with E-state index in [1.807, 2.05) is 41.3 Å². The summed E-state index contributed by atoms with van der Waals surface area (Å²) < 4.78 is 2.18. The van der Waals surface area contributed by atoms with Crippen molar-refractivity contribution >= 4 is 34.4 Å². The number of para-hydroxylation sites is 3. The van der Waals surface area contributed by atoms with Crippen LogP contribution in [0, 0.1) is 0 Å². The number of anilines is 1. The Morgan fingerprint density at radius 1 is 1.20 bits per heavy atom. The summed E-state index contributed by atoms with van der Waals surface area (Å²) in [5, 5.41) is 0.914. The highest BCUT2D eigenvalue weighted by molar-refractivity contribution is 7.99. The van der Waals surface area contributed by atoms with Crippen molar-refractivity contribution in [3.63, 3.8) is 0 Å². The van der Waals surface area contributed by atoms with E-state index in [1.54, 1.807) is 0 Å². The summed E-state index contributed by atoms with van der Waals surface area (Å²) >= 11 is 1.53. The Labute approximate surface area is 151 Å². The molecule has 4 rings (SSSR count). The zero-order valence-electron chi connectivity index (χ0n) is 14.5. The van der Waals surface area contributed by atoms with E-state index in [9.17, 15) is 4.79 Å². The minimum atomic E-state index is 0.150. The van der Waals surface area contributed by atoms with Gasteiger partial charge in [-0.05, 0) is 44.0 Å². The second kappa shape index (κ2) is 6.56. The molecular formula is C20H21N3OS. The molecule has 0 spiro atoms. The number of hydrogen-bond donors (Lipinski definition) is 0. The molecule has 0 radical (unpaired) electrons. The van der Waals surface area contributed by atoms with Crippen LogP contribution in [0.2, 0.25) is 0 Å². The zero-order chi connectivity index (χ0) is 17.4. The summed E-state index contributed by atoms with van der Waals surface area (Å²) in [4.78, 5) is 19.5. The van der Waals surface area contributed by atoms with Crippen LogP contribution in [0.15, 0.2) is 53.7 Å². The molecule has 0 N–H and O–H groups in total. The molecular weight excluding hydrogens is 330 g/mol. The minimum Gasteiger partial charge on any atom is -0.319 e. The number of imidazole rings is 1. The number of aromatic nitrogens is 2. The van der Waals surface area contributed by atoms with Crippen LogP contribution >= 0.6 is 11.8 Å². The first-order chi connectivity index (χ1) is 12.2. The Morgan fingerprint density at radius 3 is 2.80 bits per heavy atom. The van der Waals surface area contributed by atoms with E-state index in [0.29, 0.717) is 5.75 Å². The number of nitrogens with zero attached hydrogens (tertiary/aromatic N) is 3. The molecule has 4 nitrogen and oxygen atoms in total. The Balaban J connectivity index is 1.55. The summed E-state index contributed by atoms with van der Waals surface area (Å²) in [6.45, 7) is 5.07. The quantitative estimate of drug-likeness (QED) is 0.664. The number of fused-ring (bicyclic) bond motifs is 2. The standard InChI is InChI=1S/C20H21N3OS/c1-3-22-18-11-7-5-9-16(18)21-20(22)25-13-19(24)23-14(2)12-15-8-4-6-10-17(15)23/h4-11,14H,3,12-13H2,1-2H3/t14-/m1/s1. The maximum atomic E-state index is 12.9. The molecule has 0 bridgehead atoms. The van der Waals surface area contributed by atoms with Gasteiger partial charge in [-0.1, -0.05) is 42.1 Å². The number of amides is 1. The third-order valence-corrected chi connectivity index (χ3v) is 5.70. The van der Waals surface area contributed by atoms with Crippen LogP contribution in [0.3, 0.4) is 0 Å². The van der Waals surface area contributed by atoms with Crippen LogP contribution in [0.25, 0.3) is 11.0 Å². The minimum absolute atomic E-state index is 0.150. The highest BCUT2D eigenvalue weighted by atomic mass is 32.2. The van der Waals surface area contributed by atoms with E-state index in [1.165, 1.54) is 17.3 Å². The van der Waals surface area contributed by atoms with Gasteiger partial charge in [0.05, 0.1) is 16.8 Å². The lowest BCUT2D eigenvalue weighted by Gasteiger charge is -2.22. The van der Waals surface area contributed by atoms with Crippen molar-refractivity contribution in [1.29, 1.82) is 0 Å². The average Bonchev–Trinajstić information content (AvgIpc) is 3.15. The topological polar surface area (TPSA) is 38.1 Å². The molecule has 2 aromatic carbocycles. The SMILES string of the molecule is CCn1c(SCC(=O)N2c3ccccc3C[C@H]2C)nc2ccccc21. The molecule has 0 aliphatic carbocycles. The number of thioether (sulfide) groups is 1. The lowest BCUT2D eigenvalue weighted by Crippen LogP contribution is -2.37. The lowest BCUT2D eigenvalue weighted by molar-refractivity contribution is -0.116. The van der Waals surface area contributed by atoms with E-state index in [-0.39, 0.29) is 11.9 Å². The van der Waals surface area contributed by atoms with E-state index < -0.39 is 0 Å². The molecule has 1 aliphatic rings. The van der Waals surface area contributed by atoms with Gasteiger partial charge in [0, 0.05) is 18.3 Å². The normalized spacial score (nSPS) is 16.4. The highest BCUT2D eigenvalue weighted by Crippen LogP contribution is 2.33. The summed E-state index contributed by atoms with van der Waals surface area (Å²) in [5.74, 6) is 0.555. The fraction of sp³-hybridized carbons (Fsp3) is 0.300. The van der Waals surface area contributed by atoms with Crippen molar-refractivity contribution in [1.82, 2.24) is 9.55 Å². The molecule has 1 aromatic heterocycles. The fourth-order valence-corrected chi connectivity index (χ4v) is 4.55. The van der Waals surface area contributed by atoms with Crippen LogP contribution in [0.1, 0.15) is 19.4 Å². The van der Waals surface area contributed by atoms with Gasteiger partial charge in [0.15, 0.2) is 5.16 Å². The van der Waals surface area contributed by atoms with Gasteiger partial charge in [-0.25, -0.2) is 4.98 Å². The Bertz CT molecular complexity index is 934. The van der Waals surface area contributed by atoms with Crippen LogP contribution in [-0.2, 0) is 17.8 Å². The Hall–Kier alpha value is -2.27. The molecule has 5 heteroatoms. The molecule has 25 heavy (non-hydrogen) atoms. The van der Waals surface area contributed by atoms with E-state index >= 15 is 0 Å². The number of carbonyl (C=O) groups is 1. The number of benzene rings is 2. The maximum Gasteiger partial charge on any atom is 0.237 e. The molecule has 0 unspecified atom stereocenters. The van der Waals surface area contributed by atoms with Crippen molar-refractivity contribution in [2.75, 3.05) is 10.7 Å². The van der Waals surface area contributed by atoms with Gasteiger partial charge in [-0.3, -0.25) is 4.79 Å². The van der Waals surface area contributed by atoms with Crippen molar-refractivity contribution < 1.29 is 4.79 Å². The van der Waals surface area contributed by atoms with Crippen molar-refractivity contribution in [3.8, 4) is 0 Å². The first-order valence-electron chi connectivity index (χ1n) is 8.67. The first kappa shape index (κ1) is 16.2. The van der Waals surface area contributed by atoms with Gasteiger partial charge in [0.1, 0.15) is 0 Å². The van der Waals surface area contributed by atoms with E-state index in [2.05, 4.69) is 30.5 Å². The molecule has 1 aliphatic heterocycles. The molecule has 3 aromatic rings. The molecule has 2 heterocycles. The summed E-state index contributed by atoms with van der Waals surface area (Å²) in [7, 11) is 0. The van der Waals surface area contributed by atoms with Crippen molar-refractivity contribution in [2.45, 2.75) is 38.0 Å². The molecule has 128 valence electrons. The molecule has 0 saturated heterocycles. The van der Waals surface area contributed by atoms with E-state index in [4.69, 9.17) is 4.98 Å². The van der Waals surface area contributed by atoms with Crippen LogP contribution in [0.4, 0.5) is 5.69 Å². The highest BCUT2D eigenvalue weighted by Gasteiger charge is 2.30. The largest absolute Gasteiger partial charge is 0.319 e. The second-order valence-corrected chi connectivity index (χ2v) is 7.30. The van der Waals surface area contributed by atoms with Gasteiger partial charge in [0.2, 0.25) is 5.91 Å². The van der Waals surface area contributed by atoms with Crippen LogP contribution in [-0.4, -0.2) is 27.3 Å². The third kappa shape index (κ3) is 2.82. The second-order valence-electron chi connectivity index (χ2n) is 6.36. The molecule has 0 fully saturated rings. The van der Waals surface area contributed by atoms with Crippen molar-refractivity contribution in [3.05, 3.63) is 54.1 Å². The first-order valence-corrected chi connectivity index (χ1v) is 9.65. The average molecular weight is 351 g/mol. The van der Waals surface area contributed by atoms with Gasteiger partial charge < -0.3 is 9.47 Å². The summed E-state index contributed by atoms with van der Waals surface area (Å²) in [6.07, 6.45) is 0.931. The Morgan fingerprint density at radius 2 is 1.96 bits per heavy atom. The zero-order valence-corrected chi connectivity index (χ0v) is 15.3. The number of hydrogen-bond acceptors (Lipinski definition) is 3. The van der Waals surface area contributed by atoms with Gasteiger partial charge in [-0.2, -0.15) is 0 Å². The van der Waals surface area contributed by atoms with Crippen LogP contribution < -0.4 is 4.90 Å². The third-order valence-electron chi connectivity index (χ3n) is 4.74. The maximum absolute atomic E-state index is 12.9. The number of aryl methyl sites for hydroxylation is 1. The number of carbonyl (C=O) groups excluding carboxylic acids is 1. The smallest absolute Gasteiger partial charge is 0.237 e.